The lowest BCUT2D eigenvalue weighted by Crippen LogP contribution is -2.07. The van der Waals surface area contributed by atoms with Crippen LogP contribution in [-0.2, 0) is 12.7 Å². The minimum absolute atomic E-state index is 0.321. The highest BCUT2D eigenvalue weighted by molar-refractivity contribution is 5.36. The SMILES string of the molecule is Nc1ccnc(NCc2ccc(C(F)(F)F)cc2)n1. The molecule has 0 aliphatic heterocycles. The maximum atomic E-state index is 12.4. The number of rotatable bonds is 3. The van der Waals surface area contributed by atoms with E-state index in [9.17, 15) is 13.2 Å². The molecule has 0 bridgehead atoms. The Hall–Kier alpha value is -2.31. The number of halogens is 3. The number of nitrogen functional groups attached to an aromatic ring is 1. The van der Waals surface area contributed by atoms with Crippen LogP contribution in [0.3, 0.4) is 0 Å². The molecule has 1 aromatic heterocycles. The fraction of sp³-hybridized carbons (Fsp3) is 0.167. The summed E-state index contributed by atoms with van der Waals surface area (Å²) in [4.78, 5) is 7.85. The van der Waals surface area contributed by atoms with Gasteiger partial charge in [0.1, 0.15) is 5.82 Å². The molecule has 3 N–H and O–H groups in total. The molecule has 7 heteroatoms. The predicted molar refractivity (Wildman–Crippen MR) is 65.2 cm³/mol. The molecule has 0 amide bonds. The van der Waals surface area contributed by atoms with Crippen molar-refractivity contribution >= 4 is 11.8 Å². The van der Waals surface area contributed by atoms with E-state index in [4.69, 9.17) is 5.73 Å². The van der Waals surface area contributed by atoms with Crippen molar-refractivity contribution in [2.24, 2.45) is 0 Å². The highest BCUT2D eigenvalue weighted by Crippen LogP contribution is 2.29. The molecule has 0 saturated carbocycles. The van der Waals surface area contributed by atoms with E-state index in [2.05, 4.69) is 15.3 Å². The summed E-state index contributed by atoms with van der Waals surface area (Å²) >= 11 is 0. The van der Waals surface area contributed by atoms with Crippen LogP contribution >= 0.6 is 0 Å². The lowest BCUT2D eigenvalue weighted by Gasteiger charge is -2.08. The van der Waals surface area contributed by atoms with Crippen LogP contribution in [0.5, 0.6) is 0 Å². The molecule has 100 valence electrons. The zero-order valence-electron chi connectivity index (χ0n) is 9.78. The van der Waals surface area contributed by atoms with Crippen LogP contribution in [0.25, 0.3) is 0 Å². The van der Waals surface area contributed by atoms with E-state index in [1.54, 1.807) is 6.07 Å². The van der Waals surface area contributed by atoms with Gasteiger partial charge < -0.3 is 11.1 Å². The molecule has 0 aliphatic carbocycles. The van der Waals surface area contributed by atoms with Crippen molar-refractivity contribution in [2.75, 3.05) is 11.1 Å². The Labute approximate surface area is 107 Å². The van der Waals surface area contributed by atoms with Crippen molar-refractivity contribution in [1.29, 1.82) is 0 Å². The van der Waals surface area contributed by atoms with Gasteiger partial charge in [-0.15, -0.1) is 0 Å². The summed E-state index contributed by atoms with van der Waals surface area (Å²) < 4.78 is 37.1. The van der Waals surface area contributed by atoms with Crippen molar-refractivity contribution in [1.82, 2.24) is 9.97 Å². The second kappa shape index (κ2) is 5.13. The van der Waals surface area contributed by atoms with E-state index in [-0.39, 0.29) is 0 Å². The average Bonchev–Trinajstić information content (AvgIpc) is 2.36. The molecule has 4 nitrogen and oxygen atoms in total. The zero-order chi connectivity index (χ0) is 13.9. The molecule has 0 unspecified atom stereocenters. The summed E-state index contributed by atoms with van der Waals surface area (Å²) in [5.74, 6) is 0.657. The number of nitrogens with one attached hydrogen (secondary N) is 1. The normalized spacial score (nSPS) is 11.3. The van der Waals surface area contributed by atoms with E-state index in [0.717, 1.165) is 12.1 Å². The minimum Gasteiger partial charge on any atom is -0.384 e. The quantitative estimate of drug-likeness (QED) is 0.898. The van der Waals surface area contributed by atoms with Crippen LogP contribution in [0, 0.1) is 0 Å². The van der Waals surface area contributed by atoms with E-state index in [1.807, 2.05) is 0 Å². The van der Waals surface area contributed by atoms with Gasteiger partial charge in [0, 0.05) is 12.7 Å². The Kier molecular flexibility index (Phi) is 3.55. The van der Waals surface area contributed by atoms with Gasteiger partial charge in [-0.2, -0.15) is 18.2 Å². The molecule has 1 aromatic carbocycles. The van der Waals surface area contributed by atoms with Gasteiger partial charge in [0.05, 0.1) is 5.56 Å². The summed E-state index contributed by atoms with van der Waals surface area (Å²) in [5.41, 5.74) is 5.50. The Morgan fingerprint density at radius 3 is 2.37 bits per heavy atom. The lowest BCUT2D eigenvalue weighted by molar-refractivity contribution is -0.137. The van der Waals surface area contributed by atoms with Gasteiger partial charge >= 0.3 is 6.18 Å². The van der Waals surface area contributed by atoms with Crippen LogP contribution < -0.4 is 11.1 Å². The largest absolute Gasteiger partial charge is 0.416 e. The minimum atomic E-state index is -4.32. The predicted octanol–water partition coefficient (Wildman–Crippen LogP) is 2.69. The topological polar surface area (TPSA) is 63.8 Å². The number of hydrogen-bond acceptors (Lipinski definition) is 4. The molecule has 0 radical (unpaired) electrons. The monoisotopic (exact) mass is 268 g/mol. The van der Waals surface area contributed by atoms with Crippen molar-refractivity contribution < 1.29 is 13.2 Å². The lowest BCUT2D eigenvalue weighted by atomic mass is 10.1. The van der Waals surface area contributed by atoms with E-state index < -0.39 is 11.7 Å². The first-order valence-corrected chi connectivity index (χ1v) is 5.44. The smallest absolute Gasteiger partial charge is 0.384 e. The number of nitrogens with zero attached hydrogens (tertiary/aromatic N) is 2. The van der Waals surface area contributed by atoms with Crippen molar-refractivity contribution in [3.05, 3.63) is 47.7 Å². The number of benzene rings is 1. The van der Waals surface area contributed by atoms with Crippen molar-refractivity contribution in [2.45, 2.75) is 12.7 Å². The third kappa shape index (κ3) is 3.57. The second-order valence-electron chi connectivity index (χ2n) is 3.85. The number of nitrogens with two attached hydrogens (primary N) is 1. The molecule has 19 heavy (non-hydrogen) atoms. The zero-order valence-corrected chi connectivity index (χ0v) is 9.78. The Morgan fingerprint density at radius 2 is 1.79 bits per heavy atom. The number of aromatic nitrogens is 2. The molecule has 2 aromatic rings. The van der Waals surface area contributed by atoms with Crippen LogP contribution in [0.15, 0.2) is 36.5 Å². The average molecular weight is 268 g/mol. The number of hydrogen-bond donors (Lipinski definition) is 2. The van der Waals surface area contributed by atoms with E-state index in [1.165, 1.54) is 18.3 Å². The highest BCUT2D eigenvalue weighted by Gasteiger charge is 2.29. The van der Waals surface area contributed by atoms with Gasteiger partial charge in [0.15, 0.2) is 0 Å². The standard InChI is InChI=1S/C12H11F3N4/c13-12(14,15)9-3-1-8(2-4-9)7-18-11-17-6-5-10(16)19-11/h1-6H,7H2,(H3,16,17,18,19). The first-order chi connectivity index (χ1) is 8.95. The van der Waals surface area contributed by atoms with E-state index in [0.29, 0.717) is 23.9 Å². The van der Waals surface area contributed by atoms with Crippen LogP contribution in [-0.4, -0.2) is 9.97 Å². The fourth-order valence-corrected chi connectivity index (χ4v) is 1.45. The van der Waals surface area contributed by atoms with Gasteiger partial charge in [0.25, 0.3) is 0 Å². The highest BCUT2D eigenvalue weighted by atomic mass is 19.4. The van der Waals surface area contributed by atoms with Gasteiger partial charge in [-0.1, -0.05) is 12.1 Å². The summed E-state index contributed by atoms with van der Waals surface area (Å²) in [6, 6.07) is 6.43. The molecule has 0 spiro atoms. The Balaban J connectivity index is 2.01. The van der Waals surface area contributed by atoms with Crippen molar-refractivity contribution in [3.63, 3.8) is 0 Å². The Bertz CT molecular complexity index is 552. The maximum absolute atomic E-state index is 12.4. The number of anilines is 2. The van der Waals surface area contributed by atoms with Gasteiger partial charge in [-0.3, -0.25) is 0 Å². The third-order valence-electron chi connectivity index (χ3n) is 2.41. The first kappa shape index (κ1) is 13.1. The van der Waals surface area contributed by atoms with Gasteiger partial charge in [-0.25, -0.2) is 4.98 Å². The summed E-state index contributed by atoms with van der Waals surface area (Å²) in [6.45, 7) is 0.321. The number of alkyl halides is 3. The second-order valence-corrected chi connectivity index (χ2v) is 3.85. The summed E-state index contributed by atoms with van der Waals surface area (Å²) in [6.07, 6.45) is -2.82. The van der Waals surface area contributed by atoms with Crippen LogP contribution in [0.4, 0.5) is 24.9 Å². The molecular formula is C12H11F3N4. The fourth-order valence-electron chi connectivity index (χ4n) is 1.45. The molecular weight excluding hydrogens is 257 g/mol. The van der Waals surface area contributed by atoms with Crippen LogP contribution in [0.1, 0.15) is 11.1 Å². The maximum Gasteiger partial charge on any atom is 0.416 e. The summed E-state index contributed by atoms with van der Waals surface area (Å²) in [5, 5.41) is 2.88. The van der Waals surface area contributed by atoms with Gasteiger partial charge in [0.2, 0.25) is 5.95 Å². The molecule has 0 saturated heterocycles. The summed E-state index contributed by atoms with van der Waals surface area (Å²) in [7, 11) is 0. The molecule has 2 rings (SSSR count). The van der Waals surface area contributed by atoms with Gasteiger partial charge in [-0.05, 0) is 23.8 Å². The van der Waals surface area contributed by atoms with E-state index >= 15 is 0 Å². The Morgan fingerprint density at radius 1 is 1.11 bits per heavy atom. The first-order valence-electron chi connectivity index (χ1n) is 5.44. The third-order valence-corrected chi connectivity index (χ3v) is 2.41. The molecule has 1 heterocycles. The molecule has 0 fully saturated rings. The van der Waals surface area contributed by atoms with Crippen molar-refractivity contribution in [3.8, 4) is 0 Å². The molecule has 0 atom stereocenters. The van der Waals surface area contributed by atoms with Crippen LogP contribution in [0.2, 0.25) is 0 Å². The molecule has 0 aliphatic rings.